The first-order valence-electron chi connectivity index (χ1n) is 18.7. The second-order valence-corrected chi connectivity index (χ2v) is 14.0. The Balaban J connectivity index is 0.966. The van der Waals surface area contributed by atoms with Crippen molar-refractivity contribution in [2.75, 3.05) is 0 Å². The van der Waals surface area contributed by atoms with Crippen LogP contribution >= 0.6 is 0 Å². The van der Waals surface area contributed by atoms with E-state index in [-0.39, 0.29) is 5.92 Å². The smallest absolute Gasteiger partial charge is 0.164 e. The third kappa shape index (κ3) is 6.34. The van der Waals surface area contributed by atoms with Crippen molar-refractivity contribution < 1.29 is 4.42 Å². The second-order valence-electron chi connectivity index (χ2n) is 14.0. The summed E-state index contributed by atoms with van der Waals surface area (Å²) in [5.41, 5.74) is 13.0. The number of benzene rings is 7. The van der Waals surface area contributed by atoms with Gasteiger partial charge in [0.25, 0.3) is 0 Å². The van der Waals surface area contributed by atoms with E-state index in [9.17, 15) is 0 Å². The van der Waals surface area contributed by atoms with E-state index < -0.39 is 0 Å². The van der Waals surface area contributed by atoms with Crippen molar-refractivity contribution in [3.05, 3.63) is 200 Å². The summed E-state index contributed by atoms with van der Waals surface area (Å²) in [6.07, 6.45) is 9.33. The van der Waals surface area contributed by atoms with Crippen LogP contribution in [0.4, 0.5) is 0 Å². The number of rotatable bonds is 7. The van der Waals surface area contributed by atoms with E-state index in [1.165, 1.54) is 33.4 Å². The first-order chi connectivity index (χ1) is 27.2. The maximum Gasteiger partial charge on any atom is 0.164 e. The lowest BCUT2D eigenvalue weighted by Gasteiger charge is -2.14. The third-order valence-corrected chi connectivity index (χ3v) is 10.5. The normalized spacial score (nSPS) is 13.8. The molecular weight excluding hydrogens is 671 g/mol. The molecule has 7 aromatic carbocycles. The molecule has 2 aromatic heterocycles. The predicted molar refractivity (Wildman–Crippen MR) is 225 cm³/mol. The van der Waals surface area contributed by atoms with Gasteiger partial charge < -0.3 is 4.42 Å². The van der Waals surface area contributed by atoms with Crippen LogP contribution in [0, 0.1) is 0 Å². The molecule has 0 aliphatic heterocycles. The molecule has 1 aliphatic rings. The summed E-state index contributed by atoms with van der Waals surface area (Å²) in [4.78, 5) is 15.1. The molecule has 10 rings (SSSR count). The van der Waals surface area contributed by atoms with E-state index in [1.807, 2.05) is 48.5 Å². The SMILES string of the molecule is C1=CCC(c2nc(-c3ccccc3)nc(-c3cccc4oc5ccc(-c6ccc(-c7ccc(-c8ccc(-c9ccccc9)cc8)cc7)cc6)cc5c34)n2)C=C1. The molecule has 0 spiro atoms. The van der Waals surface area contributed by atoms with Gasteiger partial charge >= 0.3 is 0 Å². The van der Waals surface area contributed by atoms with Crippen LogP contribution in [0.1, 0.15) is 18.2 Å². The highest BCUT2D eigenvalue weighted by Gasteiger charge is 2.20. The Morgan fingerprint density at radius 2 is 0.945 bits per heavy atom. The van der Waals surface area contributed by atoms with Crippen molar-refractivity contribution in [1.82, 2.24) is 15.0 Å². The van der Waals surface area contributed by atoms with Gasteiger partial charge in [0.2, 0.25) is 0 Å². The van der Waals surface area contributed by atoms with Gasteiger partial charge in [-0.15, -0.1) is 0 Å². The number of fused-ring (bicyclic) bond motifs is 3. The van der Waals surface area contributed by atoms with Crippen molar-refractivity contribution in [2.45, 2.75) is 12.3 Å². The minimum Gasteiger partial charge on any atom is -0.456 e. The largest absolute Gasteiger partial charge is 0.456 e. The van der Waals surface area contributed by atoms with Gasteiger partial charge in [-0.25, -0.2) is 15.0 Å². The monoisotopic (exact) mass is 705 g/mol. The predicted octanol–water partition coefficient (Wildman–Crippen LogP) is 13.4. The standard InChI is InChI=1S/C51H35N3O/c1-4-11-34(12-5-1)35-19-21-36(22-20-35)37-23-25-38(26-24-37)39-27-29-40(30-28-39)43-31-32-46-45(33-43)48-44(17-10-18-47(48)55-46)51-53-49(41-13-6-2-7-14-41)52-50(54-51)42-15-8-3-9-16-42/h1-15,17-33,42H,16H2. The Kier molecular flexibility index (Phi) is 8.27. The molecule has 2 heterocycles. The van der Waals surface area contributed by atoms with Gasteiger partial charge in [0.15, 0.2) is 11.6 Å². The Hall–Kier alpha value is -7.17. The molecule has 0 fully saturated rings. The van der Waals surface area contributed by atoms with Crippen LogP contribution in [-0.2, 0) is 0 Å². The summed E-state index contributed by atoms with van der Waals surface area (Å²) in [7, 11) is 0. The summed E-state index contributed by atoms with van der Waals surface area (Å²) in [6.45, 7) is 0. The molecule has 9 aromatic rings. The molecule has 260 valence electrons. The van der Waals surface area contributed by atoms with Crippen LogP contribution in [-0.4, -0.2) is 15.0 Å². The fourth-order valence-electron chi connectivity index (χ4n) is 7.56. The quantitative estimate of drug-likeness (QED) is 0.166. The number of hydrogen-bond donors (Lipinski definition) is 0. The Morgan fingerprint density at radius 1 is 0.418 bits per heavy atom. The highest BCUT2D eigenvalue weighted by Crippen LogP contribution is 2.39. The van der Waals surface area contributed by atoms with E-state index in [1.54, 1.807) is 0 Å². The molecule has 0 saturated carbocycles. The molecule has 0 radical (unpaired) electrons. The van der Waals surface area contributed by atoms with Gasteiger partial charge in [-0.05, 0) is 69.1 Å². The lowest BCUT2D eigenvalue weighted by atomic mass is 9.96. The van der Waals surface area contributed by atoms with Crippen molar-refractivity contribution in [3.63, 3.8) is 0 Å². The van der Waals surface area contributed by atoms with Crippen molar-refractivity contribution >= 4 is 21.9 Å². The maximum atomic E-state index is 6.42. The first-order valence-corrected chi connectivity index (χ1v) is 18.7. The van der Waals surface area contributed by atoms with Gasteiger partial charge in [-0.3, -0.25) is 0 Å². The highest BCUT2D eigenvalue weighted by molar-refractivity contribution is 6.12. The molecule has 55 heavy (non-hydrogen) atoms. The zero-order valence-electron chi connectivity index (χ0n) is 30.0. The Labute approximate surface area is 319 Å². The van der Waals surface area contributed by atoms with E-state index in [0.29, 0.717) is 11.6 Å². The summed E-state index contributed by atoms with van der Waals surface area (Å²) in [6, 6.07) is 59.6. The van der Waals surface area contributed by atoms with E-state index in [0.717, 1.165) is 56.4 Å². The lowest BCUT2D eigenvalue weighted by Crippen LogP contribution is -2.07. The van der Waals surface area contributed by atoms with Crippen molar-refractivity contribution in [1.29, 1.82) is 0 Å². The average Bonchev–Trinajstić information content (AvgIpc) is 3.66. The Bertz CT molecular complexity index is 2850. The number of nitrogens with zero attached hydrogens (tertiary/aromatic N) is 3. The van der Waals surface area contributed by atoms with Crippen LogP contribution in [0.25, 0.3) is 89.2 Å². The number of hydrogen-bond acceptors (Lipinski definition) is 4. The molecule has 4 nitrogen and oxygen atoms in total. The fourth-order valence-corrected chi connectivity index (χ4v) is 7.56. The van der Waals surface area contributed by atoms with Crippen molar-refractivity contribution in [2.24, 2.45) is 0 Å². The highest BCUT2D eigenvalue weighted by atomic mass is 16.3. The molecule has 1 aliphatic carbocycles. The molecule has 0 N–H and O–H groups in total. The molecule has 0 amide bonds. The van der Waals surface area contributed by atoms with Gasteiger partial charge in [0, 0.05) is 27.8 Å². The average molecular weight is 706 g/mol. The zero-order valence-corrected chi connectivity index (χ0v) is 30.0. The molecule has 0 bridgehead atoms. The minimum atomic E-state index is 0.0829. The van der Waals surface area contributed by atoms with E-state index in [4.69, 9.17) is 19.4 Å². The molecule has 4 heteroatoms. The van der Waals surface area contributed by atoms with Crippen molar-refractivity contribution in [3.8, 4) is 67.3 Å². The molecule has 1 unspecified atom stereocenters. The molecular formula is C51H35N3O. The van der Waals surface area contributed by atoms with Crippen LogP contribution in [0.5, 0.6) is 0 Å². The maximum absolute atomic E-state index is 6.42. The zero-order chi connectivity index (χ0) is 36.6. The molecule has 0 saturated heterocycles. The lowest BCUT2D eigenvalue weighted by molar-refractivity contribution is 0.669. The Morgan fingerprint density at radius 3 is 1.53 bits per heavy atom. The summed E-state index contributed by atoms with van der Waals surface area (Å²) in [5.74, 6) is 2.16. The van der Waals surface area contributed by atoms with E-state index >= 15 is 0 Å². The van der Waals surface area contributed by atoms with Crippen LogP contribution in [0.15, 0.2) is 199 Å². The van der Waals surface area contributed by atoms with Gasteiger partial charge in [0.05, 0.1) is 0 Å². The van der Waals surface area contributed by atoms with E-state index in [2.05, 4.69) is 146 Å². The fraction of sp³-hybridized carbons (Fsp3) is 0.0392. The second kappa shape index (κ2) is 14.0. The van der Waals surface area contributed by atoms with Gasteiger partial charge in [-0.2, -0.15) is 0 Å². The van der Waals surface area contributed by atoms with Gasteiger partial charge in [-0.1, -0.05) is 176 Å². The van der Waals surface area contributed by atoms with Crippen LogP contribution < -0.4 is 0 Å². The summed E-state index contributed by atoms with van der Waals surface area (Å²) >= 11 is 0. The summed E-state index contributed by atoms with van der Waals surface area (Å²) in [5, 5.41) is 2.03. The summed E-state index contributed by atoms with van der Waals surface area (Å²) < 4.78 is 6.42. The van der Waals surface area contributed by atoms with Crippen LogP contribution in [0.3, 0.4) is 0 Å². The van der Waals surface area contributed by atoms with Gasteiger partial charge in [0.1, 0.15) is 17.0 Å². The minimum absolute atomic E-state index is 0.0829. The number of furan rings is 1. The van der Waals surface area contributed by atoms with Crippen LogP contribution in [0.2, 0.25) is 0 Å². The number of aromatic nitrogens is 3. The topological polar surface area (TPSA) is 51.8 Å². The third-order valence-electron chi connectivity index (χ3n) is 10.5. The number of allylic oxidation sites excluding steroid dienone is 4. The first kappa shape index (κ1) is 32.5. The molecule has 1 atom stereocenters.